The lowest BCUT2D eigenvalue weighted by molar-refractivity contribution is -0.262. The maximum atomic E-state index is 14.1. The summed E-state index contributed by atoms with van der Waals surface area (Å²) in [6, 6.07) is 9.19. The molecule has 4 rings (SSSR count). The zero-order valence-corrected chi connectivity index (χ0v) is 20.7. The average Bonchev–Trinajstić information content (AvgIpc) is 2.78. The maximum Gasteiger partial charge on any atom is 0.430 e. The van der Waals surface area contributed by atoms with E-state index in [1.54, 1.807) is 12.1 Å². The Morgan fingerprint density at radius 2 is 1.77 bits per heavy atom. The SMILES string of the molecule is O=C1CC2(CCN(C(=O)[C@@](O)(c3cc(Cl)cc(Br)c3)C(F)(F)F)CC2)[C@H](c2ccc(F)cc2)CN1. The number of halogens is 6. The number of carbonyl (C=O) groups excluding carboxylic acids is 2. The van der Waals surface area contributed by atoms with Gasteiger partial charge in [-0.1, -0.05) is 39.7 Å². The van der Waals surface area contributed by atoms with Crippen LogP contribution in [-0.4, -0.2) is 47.6 Å². The molecule has 2 N–H and O–H groups in total. The van der Waals surface area contributed by atoms with Gasteiger partial charge in [0.1, 0.15) is 5.82 Å². The zero-order chi connectivity index (χ0) is 25.6. The first-order valence-electron chi connectivity index (χ1n) is 10.9. The number of nitrogens with zero attached hydrogens (tertiary/aromatic N) is 1. The van der Waals surface area contributed by atoms with Crippen molar-refractivity contribution in [3.8, 4) is 0 Å². The van der Waals surface area contributed by atoms with Crippen LogP contribution in [0.1, 0.15) is 36.3 Å². The number of piperidine rings is 2. The Kier molecular flexibility index (Phi) is 6.93. The van der Waals surface area contributed by atoms with Crippen LogP contribution in [-0.2, 0) is 15.2 Å². The summed E-state index contributed by atoms with van der Waals surface area (Å²) in [4.78, 5) is 26.4. The van der Waals surface area contributed by atoms with Crippen LogP contribution in [0.5, 0.6) is 0 Å². The molecule has 2 fully saturated rings. The van der Waals surface area contributed by atoms with Crippen LogP contribution in [0.2, 0.25) is 5.02 Å². The van der Waals surface area contributed by atoms with Crippen molar-refractivity contribution in [3.05, 3.63) is 68.9 Å². The van der Waals surface area contributed by atoms with Crippen LogP contribution < -0.4 is 5.32 Å². The number of hydrogen-bond acceptors (Lipinski definition) is 3. The van der Waals surface area contributed by atoms with Gasteiger partial charge in [-0.15, -0.1) is 0 Å². The first-order chi connectivity index (χ1) is 16.4. The molecule has 2 aliphatic heterocycles. The monoisotopic (exact) mass is 576 g/mol. The Bertz CT molecular complexity index is 1120. The van der Waals surface area contributed by atoms with Gasteiger partial charge in [0.25, 0.3) is 11.5 Å². The van der Waals surface area contributed by atoms with E-state index in [4.69, 9.17) is 11.6 Å². The number of benzene rings is 2. The fourth-order valence-electron chi connectivity index (χ4n) is 5.18. The van der Waals surface area contributed by atoms with Crippen molar-refractivity contribution in [2.24, 2.45) is 5.41 Å². The second-order valence-corrected chi connectivity index (χ2v) is 10.5. The third-order valence-electron chi connectivity index (χ3n) is 7.07. The Hall–Kier alpha value is -2.17. The zero-order valence-electron chi connectivity index (χ0n) is 18.3. The van der Waals surface area contributed by atoms with E-state index in [0.29, 0.717) is 6.54 Å². The van der Waals surface area contributed by atoms with E-state index in [1.807, 2.05) is 0 Å². The fraction of sp³-hybridized carbons (Fsp3) is 0.417. The number of amides is 2. The Balaban J connectivity index is 1.62. The summed E-state index contributed by atoms with van der Waals surface area (Å²) < 4.78 is 56.0. The highest BCUT2D eigenvalue weighted by molar-refractivity contribution is 9.10. The highest BCUT2D eigenvalue weighted by atomic mass is 79.9. The number of nitrogens with one attached hydrogen (secondary N) is 1. The molecule has 2 atom stereocenters. The molecule has 0 radical (unpaired) electrons. The summed E-state index contributed by atoms with van der Waals surface area (Å²) in [6.45, 7) is 0.148. The quantitative estimate of drug-likeness (QED) is 0.510. The van der Waals surface area contributed by atoms with Crippen LogP contribution >= 0.6 is 27.5 Å². The molecule has 0 bridgehead atoms. The molecule has 0 unspecified atom stereocenters. The number of alkyl halides is 3. The van der Waals surface area contributed by atoms with Gasteiger partial charge in [0.05, 0.1) is 0 Å². The summed E-state index contributed by atoms with van der Waals surface area (Å²) in [7, 11) is 0. The standard InChI is InChI=1S/C24H22BrClF4N2O3/c25-16-9-15(10-17(26)11-16)23(35,24(28,29)30)21(34)32-7-5-22(6-8-32)12-20(33)31-13-19(22)14-1-3-18(27)4-2-14/h1-4,9-11,19,35H,5-8,12-13H2,(H,31,33)/t19-,23-/m0/s1. The molecule has 35 heavy (non-hydrogen) atoms. The molecular formula is C24H22BrClF4N2O3. The minimum atomic E-state index is -5.30. The molecule has 2 saturated heterocycles. The summed E-state index contributed by atoms with van der Waals surface area (Å²) in [5.74, 6) is -2.27. The van der Waals surface area contributed by atoms with Gasteiger partial charge >= 0.3 is 6.18 Å². The van der Waals surface area contributed by atoms with Gasteiger partial charge in [-0.3, -0.25) is 9.59 Å². The van der Waals surface area contributed by atoms with E-state index in [2.05, 4.69) is 21.2 Å². The van der Waals surface area contributed by atoms with Crippen LogP contribution in [0.3, 0.4) is 0 Å². The van der Waals surface area contributed by atoms with Crippen LogP contribution in [0.15, 0.2) is 46.9 Å². The molecule has 2 aromatic rings. The van der Waals surface area contributed by atoms with Crippen molar-refractivity contribution in [1.82, 2.24) is 10.2 Å². The molecule has 1 spiro atoms. The second kappa shape index (κ2) is 9.37. The van der Waals surface area contributed by atoms with Crippen LogP contribution in [0.4, 0.5) is 17.6 Å². The molecule has 0 aromatic heterocycles. The molecule has 5 nitrogen and oxygen atoms in total. The molecule has 11 heteroatoms. The Labute approximate surface area is 212 Å². The van der Waals surface area contributed by atoms with Crippen molar-refractivity contribution in [2.75, 3.05) is 19.6 Å². The van der Waals surface area contributed by atoms with E-state index in [0.717, 1.165) is 22.6 Å². The summed E-state index contributed by atoms with van der Waals surface area (Å²) in [5.41, 5.74) is -4.27. The fourth-order valence-corrected chi connectivity index (χ4v) is 6.04. The number of rotatable bonds is 3. The maximum absolute atomic E-state index is 14.1. The van der Waals surface area contributed by atoms with Crippen molar-refractivity contribution >= 4 is 39.3 Å². The smallest absolute Gasteiger partial charge is 0.368 e. The van der Waals surface area contributed by atoms with Crippen LogP contribution in [0.25, 0.3) is 0 Å². The second-order valence-electron chi connectivity index (χ2n) is 9.11. The first kappa shape index (κ1) is 25.9. The summed E-state index contributed by atoms with van der Waals surface area (Å²) in [6.07, 6.45) is -4.66. The lowest BCUT2D eigenvalue weighted by atomic mass is 9.62. The van der Waals surface area contributed by atoms with Crippen molar-refractivity contribution in [1.29, 1.82) is 0 Å². The van der Waals surface area contributed by atoms with Crippen molar-refractivity contribution in [2.45, 2.75) is 37.0 Å². The topological polar surface area (TPSA) is 69.6 Å². The molecule has 2 aliphatic rings. The molecule has 0 aliphatic carbocycles. The molecule has 2 aromatic carbocycles. The minimum absolute atomic E-state index is 0.0715. The van der Waals surface area contributed by atoms with Crippen molar-refractivity contribution < 1.29 is 32.3 Å². The number of carbonyl (C=O) groups is 2. The lowest BCUT2D eigenvalue weighted by Gasteiger charge is -2.50. The van der Waals surface area contributed by atoms with E-state index < -0.39 is 34.5 Å². The normalized spacial score (nSPS) is 22.0. The highest BCUT2D eigenvalue weighted by Gasteiger charge is 2.63. The Morgan fingerprint density at radius 1 is 1.14 bits per heavy atom. The van der Waals surface area contributed by atoms with Gasteiger partial charge in [0.2, 0.25) is 5.91 Å². The van der Waals surface area contributed by atoms with Gasteiger partial charge in [0.15, 0.2) is 0 Å². The van der Waals surface area contributed by atoms with Gasteiger partial charge in [-0.2, -0.15) is 13.2 Å². The number of likely N-dealkylation sites (tertiary alicyclic amines) is 1. The third-order valence-corrected chi connectivity index (χ3v) is 7.75. The largest absolute Gasteiger partial charge is 0.430 e. The number of aliphatic hydroxyl groups is 1. The lowest BCUT2D eigenvalue weighted by Crippen LogP contribution is -2.59. The van der Waals surface area contributed by atoms with Gasteiger partial charge < -0.3 is 15.3 Å². The van der Waals surface area contributed by atoms with E-state index in [1.165, 1.54) is 18.2 Å². The third kappa shape index (κ3) is 4.80. The van der Waals surface area contributed by atoms with Crippen molar-refractivity contribution in [3.63, 3.8) is 0 Å². The van der Waals surface area contributed by atoms with Crippen LogP contribution in [0, 0.1) is 11.2 Å². The van der Waals surface area contributed by atoms with E-state index >= 15 is 0 Å². The van der Waals surface area contributed by atoms with Gasteiger partial charge in [-0.05, 0) is 54.2 Å². The predicted molar refractivity (Wildman–Crippen MR) is 124 cm³/mol. The molecule has 188 valence electrons. The summed E-state index contributed by atoms with van der Waals surface area (Å²) in [5, 5.41) is 13.5. The average molecular weight is 578 g/mol. The highest BCUT2D eigenvalue weighted by Crippen LogP contribution is 2.50. The van der Waals surface area contributed by atoms with E-state index in [-0.39, 0.29) is 53.7 Å². The Morgan fingerprint density at radius 3 is 2.34 bits per heavy atom. The first-order valence-corrected chi connectivity index (χ1v) is 12.1. The molecule has 0 saturated carbocycles. The molecule has 2 heterocycles. The summed E-state index contributed by atoms with van der Waals surface area (Å²) >= 11 is 8.95. The number of hydrogen-bond donors (Lipinski definition) is 2. The molecule has 2 amide bonds. The van der Waals surface area contributed by atoms with Gasteiger partial charge in [0, 0.05) is 47.0 Å². The van der Waals surface area contributed by atoms with Gasteiger partial charge in [-0.25, -0.2) is 4.39 Å². The molecular weight excluding hydrogens is 556 g/mol. The van der Waals surface area contributed by atoms with E-state index in [9.17, 15) is 32.3 Å². The predicted octanol–water partition coefficient (Wildman–Crippen LogP) is 4.90. The minimum Gasteiger partial charge on any atom is -0.368 e.